The third-order valence-corrected chi connectivity index (χ3v) is 5.27. The molecule has 3 heteroatoms. The Balaban J connectivity index is 2.05. The van der Waals surface area contributed by atoms with E-state index < -0.39 is 7.12 Å². The summed E-state index contributed by atoms with van der Waals surface area (Å²) in [5.74, 6) is 0. The summed E-state index contributed by atoms with van der Waals surface area (Å²) >= 11 is 0. The molecule has 0 heterocycles. The fourth-order valence-electron chi connectivity index (χ4n) is 4.04. The van der Waals surface area contributed by atoms with E-state index in [1.807, 2.05) is 36.4 Å². The summed E-state index contributed by atoms with van der Waals surface area (Å²) < 4.78 is 0. The number of rotatable bonds is 2. The van der Waals surface area contributed by atoms with Crippen LogP contribution in [0.1, 0.15) is 0 Å². The molecule has 0 saturated heterocycles. The molecule has 0 saturated carbocycles. The van der Waals surface area contributed by atoms with Gasteiger partial charge in [-0.3, -0.25) is 0 Å². The Labute approximate surface area is 157 Å². The monoisotopic (exact) mass is 348 g/mol. The third kappa shape index (κ3) is 2.52. The summed E-state index contributed by atoms with van der Waals surface area (Å²) in [6, 6.07) is 30.8. The maximum absolute atomic E-state index is 9.71. The molecule has 0 amide bonds. The molecule has 0 unspecified atom stereocenters. The quantitative estimate of drug-likeness (QED) is 0.364. The Hall–Kier alpha value is -3.14. The molecule has 0 fully saturated rings. The maximum Gasteiger partial charge on any atom is 0.488 e. The molecule has 0 bridgehead atoms. The van der Waals surface area contributed by atoms with Crippen molar-refractivity contribution in [1.82, 2.24) is 0 Å². The zero-order valence-corrected chi connectivity index (χ0v) is 14.6. The fourth-order valence-corrected chi connectivity index (χ4v) is 4.04. The van der Waals surface area contributed by atoms with E-state index in [-0.39, 0.29) is 0 Å². The highest BCUT2D eigenvalue weighted by molar-refractivity contribution is 6.59. The summed E-state index contributed by atoms with van der Waals surface area (Å²) in [4.78, 5) is 0. The van der Waals surface area contributed by atoms with E-state index >= 15 is 0 Å². The first-order chi connectivity index (χ1) is 13.2. The largest absolute Gasteiger partial charge is 0.488 e. The SMILES string of the molecule is OB(O)c1ccc2c3ccccc3c3cccc(-c4ccccc4)c3c2c1. The van der Waals surface area contributed by atoms with E-state index in [4.69, 9.17) is 0 Å². The van der Waals surface area contributed by atoms with E-state index in [0.29, 0.717) is 5.46 Å². The van der Waals surface area contributed by atoms with Crippen LogP contribution in [0, 0.1) is 0 Å². The molecule has 5 rings (SSSR count). The molecule has 0 aliphatic rings. The zero-order valence-electron chi connectivity index (χ0n) is 14.6. The van der Waals surface area contributed by atoms with Crippen LogP contribution in [0.2, 0.25) is 0 Å². The van der Waals surface area contributed by atoms with Crippen molar-refractivity contribution in [3.8, 4) is 11.1 Å². The van der Waals surface area contributed by atoms with E-state index in [2.05, 4.69) is 48.5 Å². The van der Waals surface area contributed by atoms with E-state index in [9.17, 15) is 10.0 Å². The molecule has 0 radical (unpaired) electrons. The molecule has 0 spiro atoms. The van der Waals surface area contributed by atoms with Crippen molar-refractivity contribution in [3.63, 3.8) is 0 Å². The Morgan fingerprint density at radius 3 is 1.89 bits per heavy atom. The smallest absolute Gasteiger partial charge is 0.423 e. The van der Waals surface area contributed by atoms with Crippen molar-refractivity contribution in [1.29, 1.82) is 0 Å². The predicted octanol–water partition coefficient (Wildman–Crippen LogP) is 4.49. The van der Waals surface area contributed by atoms with Gasteiger partial charge in [0, 0.05) is 0 Å². The van der Waals surface area contributed by atoms with Gasteiger partial charge in [0.25, 0.3) is 0 Å². The van der Waals surface area contributed by atoms with Gasteiger partial charge in [0.2, 0.25) is 0 Å². The molecular weight excluding hydrogens is 331 g/mol. The fraction of sp³-hybridized carbons (Fsp3) is 0. The molecule has 128 valence electrons. The van der Waals surface area contributed by atoms with Gasteiger partial charge in [-0.05, 0) is 48.9 Å². The summed E-state index contributed by atoms with van der Waals surface area (Å²) in [5, 5.41) is 26.3. The van der Waals surface area contributed by atoms with Crippen LogP contribution < -0.4 is 5.46 Å². The van der Waals surface area contributed by atoms with Crippen molar-refractivity contribution >= 4 is 44.9 Å². The number of fused-ring (bicyclic) bond motifs is 6. The predicted molar refractivity (Wildman–Crippen MR) is 114 cm³/mol. The minimum atomic E-state index is -1.49. The summed E-state index contributed by atoms with van der Waals surface area (Å²) in [7, 11) is -1.49. The van der Waals surface area contributed by atoms with Gasteiger partial charge in [0.05, 0.1) is 0 Å². The van der Waals surface area contributed by atoms with Crippen molar-refractivity contribution in [2.45, 2.75) is 0 Å². The topological polar surface area (TPSA) is 40.5 Å². The first-order valence-corrected chi connectivity index (χ1v) is 9.03. The Kier molecular flexibility index (Phi) is 3.71. The highest BCUT2D eigenvalue weighted by Crippen LogP contribution is 2.39. The lowest BCUT2D eigenvalue weighted by atomic mass is 9.78. The molecule has 5 aromatic rings. The van der Waals surface area contributed by atoms with Crippen molar-refractivity contribution < 1.29 is 10.0 Å². The van der Waals surface area contributed by atoms with Crippen LogP contribution in [-0.2, 0) is 0 Å². The molecule has 27 heavy (non-hydrogen) atoms. The second-order valence-corrected chi connectivity index (χ2v) is 6.82. The second kappa shape index (κ2) is 6.24. The van der Waals surface area contributed by atoms with Crippen LogP contribution in [0.3, 0.4) is 0 Å². The van der Waals surface area contributed by atoms with E-state index in [1.165, 1.54) is 16.2 Å². The number of benzene rings is 5. The lowest BCUT2D eigenvalue weighted by Crippen LogP contribution is -2.29. The summed E-state index contributed by atoms with van der Waals surface area (Å²) in [6.45, 7) is 0. The molecular formula is C24H17BO2. The summed E-state index contributed by atoms with van der Waals surface area (Å²) in [6.07, 6.45) is 0. The van der Waals surface area contributed by atoms with Gasteiger partial charge in [-0.25, -0.2) is 0 Å². The average Bonchev–Trinajstić information content (AvgIpc) is 2.73. The minimum absolute atomic E-state index is 0.502. The van der Waals surface area contributed by atoms with Crippen LogP contribution in [-0.4, -0.2) is 17.2 Å². The Morgan fingerprint density at radius 1 is 0.519 bits per heavy atom. The molecule has 2 N–H and O–H groups in total. The number of hydrogen-bond donors (Lipinski definition) is 2. The molecule has 0 atom stereocenters. The van der Waals surface area contributed by atoms with Gasteiger partial charge in [0.15, 0.2) is 0 Å². The van der Waals surface area contributed by atoms with Crippen LogP contribution in [0.15, 0.2) is 91.0 Å². The van der Waals surface area contributed by atoms with Gasteiger partial charge in [-0.15, -0.1) is 0 Å². The van der Waals surface area contributed by atoms with Gasteiger partial charge < -0.3 is 10.0 Å². The second-order valence-electron chi connectivity index (χ2n) is 6.82. The average molecular weight is 348 g/mol. The Morgan fingerprint density at radius 2 is 1.15 bits per heavy atom. The molecule has 0 aliphatic heterocycles. The third-order valence-electron chi connectivity index (χ3n) is 5.27. The highest BCUT2D eigenvalue weighted by Gasteiger charge is 2.16. The van der Waals surface area contributed by atoms with Gasteiger partial charge in [0.1, 0.15) is 0 Å². The molecule has 0 aromatic heterocycles. The lowest BCUT2D eigenvalue weighted by Gasteiger charge is -2.15. The van der Waals surface area contributed by atoms with Gasteiger partial charge in [-0.1, -0.05) is 91.0 Å². The molecule has 5 aromatic carbocycles. The first kappa shape index (κ1) is 16.1. The standard InChI is InChI=1S/C24H17BO2/c26-25(27)17-13-14-21-19-9-4-5-10-20(19)22-12-6-11-18(24(22)23(21)15-17)16-7-2-1-3-8-16/h1-15,26-27H. The van der Waals surface area contributed by atoms with Gasteiger partial charge >= 0.3 is 7.12 Å². The first-order valence-electron chi connectivity index (χ1n) is 9.03. The highest BCUT2D eigenvalue weighted by atomic mass is 16.4. The molecule has 2 nitrogen and oxygen atoms in total. The lowest BCUT2D eigenvalue weighted by molar-refractivity contribution is 0.426. The Bertz CT molecular complexity index is 1290. The van der Waals surface area contributed by atoms with Crippen LogP contribution in [0.4, 0.5) is 0 Å². The van der Waals surface area contributed by atoms with E-state index in [1.54, 1.807) is 6.07 Å². The van der Waals surface area contributed by atoms with E-state index in [0.717, 1.165) is 27.3 Å². The molecule has 0 aliphatic carbocycles. The van der Waals surface area contributed by atoms with Crippen LogP contribution in [0.5, 0.6) is 0 Å². The van der Waals surface area contributed by atoms with Crippen molar-refractivity contribution in [2.75, 3.05) is 0 Å². The normalized spacial score (nSPS) is 11.3. The van der Waals surface area contributed by atoms with Crippen molar-refractivity contribution in [3.05, 3.63) is 91.0 Å². The maximum atomic E-state index is 9.71. The minimum Gasteiger partial charge on any atom is -0.423 e. The van der Waals surface area contributed by atoms with Crippen LogP contribution in [0.25, 0.3) is 43.4 Å². The summed E-state index contributed by atoms with van der Waals surface area (Å²) in [5.41, 5.74) is 2.80. The number of hydrogen-bond acceptors (Lipinski definition) is 2. The zero-order chi connectivity index (χ0) is 18.4. The van der Waals surface area contributed by atoms with Crippen LogP contribution >= 0.6 is 0 Å². The van der Waals surface area contributed by atoms with Gasteiger partial charge in [-0.2, -0.15) is 0 Å². The van der Waals surface area contributed by atoms with Crippen molar-refractivity contribution in [2.24, 2.45) is 0 Å².